The van der Waals surface area contributed by atoms with Crippen LogP contribution in [0.3, 0.4) is 0 Å². The molecule has 0 aliphatic heterocycles. The van der Waals surface area contributed by atoms with Crippen molar-refractivity contribution < 1.29 is 18.8 Å². The van der Waals surface area contributed by atoms with Crippen LogP contribution < -0.4 is 10.6 Å². The molecule has 7 heteroatoms. The Morgan fingerprint density at radius 2 is 2.04 bits per heavy atom. The van der Waals surface area contributed by atoms with Crippen LogP contribution in [0.15, 0.2) is 12.7 Å². The fourth-order valence-corrected chi connectivity index (χ4v) is 4.10. The van der Waals surface area contributed by atoms with Gasteiger partial charge in [-0.3, -0.25) is 9.36 Å². The first-order chi connectivity index (χ1) is 11.7. The van der Waals surface area contributed by atoms with Gasteiger partial charge in [0, 0.05) is 13.2 Å². The highest BCUT2D eigenvalue weighted by Gasteiger charge is 2.35. The highest BCUT2D eigenvalue weighted by molar-refractivity contribution is 7.52. The van der Waals surface area contributed by atoms with Gasteiger partial charge < -0.3 is 20.1 Å². The SMILES string of the molecule is C=CCC(C)(C)C(NCCCP(=O)(O)OC)C(=O)NC1CCCCC1. The van der Waals surface area contributed by atoms with Gasteiger partial charge in [-0.1, -0.05) is 39.2 Å². The van der Waals surface area contributed by atoms with E-state index in [4.69, 9.17) is 0 Å². The van der Waals surface area contributed by atoms with Crippen molar-refractivity contribution in [2.45, 2.75) is 70.9 Å². The fraction of sp³-hybridized carbons (Fsp3) is 0.833. The Morgan fingerprint density at radius 1 is 1.40 bits per heavy atom. The van der Waals surface area contributed by atoms with Crippen LogP contribution in [0, 0.1) is 5.41 Å². The van der Waals surface area contributed by atoms with E-state index in [0.717, 1.165) is 12.8 Å². The Labute approximate surface area is 152 Å². The number of allylic oxidation sites excluding steroid dienone is 1. The molecule has 0 heterocycles. The van der Waals surface area contributed by atoms with Crippen molar-refractivity contribution in [2.75, 3.05) is 19.8 Å². The largest absolute Gasteiger partial charge is 0.352 e. The third-order valence-electron chi connectivity index (χ3n) is 4.92. The third kappa shape index (κ3) is 8.04. The zero-order valence-corrected chi connectivity index (χ0v) is 16.8. The molecule has 3 N–H and O–H groups in total. The molecule has 0 spiro atoms. The number of rotatable bonds is 11. The van der Waals surface area contributed by atoms with Gasteiger partial charge in [0.1, 0.15) is 0 Å². The summed E-state index contributed by atoms with van der Waals surface area (Å²) < 4.78 is 16.1. The summed E-state index contributed by atoms with van der Waals surface area (Å²) in [6.45, 7) is 8.36. The molecule has 0 aromatic rings. The Balaban J connectivity index is 2.63. The summed E-state index contributed by atoms with van der Waals surface area (Å²) in [5.41, 5.74) is -0.287. The van der Waals surface area contributed by atoms with Crippen molar-refractivity contribution in [1.29, 1.82) is 0 Å². The Hall–Kier alpha value is -0.680. The summed E-state index contributed by atoms with van der Waals surface area (Å²) in [7, 11) is -2.26. The van der Waals surface area contributed by atoms with Crippen LogP contribution >= 0.6 is 7.60 Å². The first-order valence-electron chi connectivity index (χ1n) is 9.24. The molecule has 1 saturated carbocycles. The van der Waals surface area contributed by atoms with Gasteiger partial charge >= 0.3 is 7.60 Å². The van der Waals surface area contributed by atoms with Crippen LogP contribution in [0.25, 0.3) is 0 Å². The van der Waals surface area contributed by atoms with Gasteiger partial charge in [0.2, 0.25) is 5.91 Å². The van der Waals surface area contributed by atoms with E-state index >= 15 is 0 Å². The summed E-state index contributed by atoms with van der Waals surface area (Å²) >= 11 is 0. The standard InChI is InChI=1S/C18H35N2O4P/c1-5-12-18(2,3)16(19-13-9-14-25(22,23)24-4)17(21)20-15-10-7-6-8-11-15/h5,15-16,19H,1,6-14H2,2-4H3,(H,20,21)(H,22,23). The van der Waals surface area contributed by atoms with E-state index in [2.05, 4.69) is 21.7 Å². The smallest absolute Gasteiger partial charge is 0.327 e. The monoisotopic (exact) mass is 374 g/mol. The van der Waals surface area contributed by atoms with Gasteiger partial charge in [-0.25, -0.2) is 0 Å². The highest BCUT2D eigenvalue weighted by Crippen LogP contribution is 2.40. The molecule has 0 bridgehead atoms. The maximum atomic E-state index is 12.8. The Morgan fingerprint density at radius 3 is 2.60 bits per heavy atom. The summed E-state index contributed by atoms with van der Waals surface area (Å²) in [5.74, 6) is 0.0117. The minimum absolute atomic E-state index is 0.0117. The van der Waals surface area contributed by atoms with Crippen LogP contribution in [-0.4, -0.2) is 42.7 Å². The molecule has 1 amide bonds. The number of carbonyl (C=O) groups is 1. The van der Waals surface area contributed by atoms with Crippen LogP contribution in [0.1, 0.15) is 58.8 Å². The number of hydrogen-bond donors (Lipinski definition) is 3. The molecule has 0 aromatic carbocycles. The molecular weight excluding hydrogens is 339 g/mol. The first-order valence-corrected chi connectivity index (χ1v) is 11.0. The van der Waals surface area contributed by atoms with Crippen molar-refractivity contribution in [3.63, 3.8) is 0 Å². The van der Waals surface area contributed by atoms with Crippen LogP contribution in [-0.2, 0) is 13.9 Å². The molecule has 2 unspecified atom stereocenters. The van der Waals surface area contributed by atoms with Crippen molar-refractivity contribution in [2.24, 2.45) is 5.41 Å². The molecule has 146 valence electrons. The average molecular weight is 374 g/mol. The molecule has 1 fully saturated rings. The van der Waals surface area contributed by atoms with Crippen LogP contribution in [0.2, 0.25) is 0 Å². The molecule has 1 aliphatic rings. The first kappa shape index (κ1) is 22.4. The average Bonchev–Trinajstić information content (AvgIpc) is 2.55. The van der Waals surface area contributed by atoms with Gasteiger partial charge in [0.15, 0.2) is 0 Å². The molecule has 0 saturated heterocycles. The second-order valence-electron chi connectivity index (χ2n) is 7.61. The van der Waals surface area contributed by atoms with E-state index in [1.54, 1.807) is 0 Å². The molecule has 0 aromatic heterocycles. The topological polar surface area (TPSA) is 87.7 Å². The second-order valence-corrected chi connectivity index (χ2v) is 9.70. The molecule has 2 atom stereocenters. The summed E-state index contributed by atoms with van der Waals surface area (Å²) in [6.07, 6.45) is 8.76. The summed E-state index contributed by atoms with van der Waals surface area (Å²) in [6, 6.07) is -0.107. The maximum absolute atomic E-state index is 12.8. The third-order valence-corrected chi connectivity index (χ3v) is 6.37. The maximum Gasteiger partial charge on any atom is 0.327 e. The quantitative estimate of drug-likeness (QED) is 0.294. The Kier molecular flexibility index (Phi) is 9.36. The van der Waals surface area contributed by atoms with Crippen molar-refractivity contribution in [1.82, 2.24) is 10.6 Å². The molecule has 1 rings (SSSR count). The predicted molar refractivity (Wildman–Crippen MR) is 102 cm³/mol. The van der Waals surface area contributed by atoms with E-state index in [1.165, 1.54) is 26.4 Å². The molecule has 1 aliphatic carbocycles. The van der Waals surface area contributed by atoms with Crippen LogP contribution in [0.5, 0.6) is 0 Å². The molecule has 6 nitrogen and oxygen atoms in total. The predicted octanol–water partition coefficient (Wildman–Crippen LogP) is 3.22. The second kappa shape index (κ2) is 10.5. The number of amides is 1. The molecule has 25 heavy (non-hydrogen) atoms. The van der Waals surface area contributed by atoms with Crippen molar-refractivity contribution in [3.05, 3.63) is 12.7 Å². The minimum atomic E-state index is -3.50. The highest BCUT2D eigenvalue weighted by atomic mass is 31.2. The number of nitrogens with one attached hydrogen (secondary N) is 2. The van der Waals surface area contributed by atoms with Crippen molar-refractivity contribution >= 4 is 13.5 Å². The van der Waals surface area contributed by atoms with E-state index in [0.29, 0.717) is 19.4 Å². The minimum Gasteiger partial charge on any atom is -0.352 e. The van der Waals surface area contributed by atoms with E-state index in [9.17, 15) is 14.3 Å². The Bertz CT molecular complexity index is 476. The zero-order chi connectivity index (χ0) is 18.9. The van der Waals surface area contributed by atoms with Gasteiger partial charge in [-0.05, 0) is 37.6 Å². The number of hydrogen-bond acceptors (Lipinski definition) is 4. The number of carbonyl (C=O) groups excluding carboxylic acids is 1. The van der Waals surface area contributed by atoms with Gasteiger partial charge in [-0.2, -0.15) is 0 Å². The van der Waals surface area contributed by atoms with Gasteiger partial charge in [0.05, 0.1) is 12.2 Å². The van der Waals surface area contributed by atoms with Gasteiger partial charge in [0.25, 0.3) is 0 Å². The fourth-order valence-electron chi connectivity index (χ4n) is 3.36. The lowest BCUT2D eigenvalue weighted by Gasteiger charge is -2.35. The summed E-state index contributed by atoms with van der Waals surface area (Å²) in [4.78, 5) is 22.3. The normalized spacial score (nSPS) is 19.8. The van der Waals surface area contributed by atoms with Crippen molar-refractivity contribution in [3.8, 4) is 0 Å². The lowest BCUT2D eigenvalue weighted by molar-refractivity contribution is -0.126. The van der Waals surface area contributed by atoms with E-state index in [1.807, 2.05) is 19.9 Å². The van der Waals surface area contributed by atoms with Gasteiger partial charge in [-0.15, -0.1) is 6.58 Å². The molecular formula is C18H35N2O4P. The van der Waals surface area contributed by atoms with E-state index < -0.39 is 7.60 Å². The summed E-state index contributed by atoms with van der Waals surface area (Å²) in [5, 5.41) is 6.47. The van der Waals surface area contributed by atoms with Crippen LogP contribution in [0.4, 0.5) is 0 Å². The molecule has 0 radical (unpaired) electrons. The van der Waals surface area contributed by atoms with E-state index in [-0.39, 0.29) is 29.6 Å². The lowest BCUT2D eigenvalue weighted by atomic mass is 9.80. The lowest BCUT2D eigenvalue weighted by Crippen LogP contribution is -2.55. The zero-order valence-electron chi connectivity index (χ0n) is 15.9.